The Bertz CT molecular complexity index is 3860. The molecule has 0 spiro atoms. The van der Waals surface area contributed by atoms with Gasteiger partial charge in [0.05, 0.1) is 49.7 Å². The van der Waals surface area contributed by atoms with Crippen LogP contribution in [0.4, 0.5) is 0 Å². The molecule has 9 aromatic carbocycles. The summed E-state index contributed by atoms with van der Waals surface area (Å²) in [6.07, 6.45) is 0. The summed E-state index contributed by atoms with van der Waals surface area (Å²) >= 11 is 0. The SMILES string of the molecule is c1ccc(-c2cc(-c3nc(-c4ccccc4)c4ccccc4n3)ccc2-n2c3ccccc3c3c4oc5ccccc5c4c4c(c5ccccc5n4-c4ccccc4)c32)cc1. The molecule has 0 aliphatic heterocycles. The third-order valence-corrected chi connectivity index (χ3v) is 12.3. The highest BCUT2D eigenvalue weighted by Gasteiger charge is 2.28. The highest BCUT2D eigenvalue weighted by atomic mass is 16.3. The van der Waals surface area contributed by atoms with Crippen molar-refractivity contribution in [3.8, 4) is 45.1 Å². The first kappa shape index (κ1) is 33.7. The molecule has 0 bridgehead atoms. The fraction of sp³-hybridized carbons (Fsp3) is 0. The quantitative estimate of drug-likeness (QED) is 0.175. The van der Waals surface area contributed by atoms with Crippen LogP contribution in [0.15, 0.2) is 211 Å². The molecular weight excluding hydrogens is 745 g/mol. The number of benzene rings is 9. The van der Waals surface area contributed by atoms with Gasteiger partial charge in [-0.1, -0.05) is 152 Å². The van der Waals surface area contributed by atoms with E-state index in [9.17, 15) is 0 Å². The van der Waals surface area contributed by atoms with Crippen molar-refractivity contribution in [2.75, 3.05) is 0 Å². The van der Waals surface area contributed by atoms with Crippen LogP contribution in [-0.4, -0.2) is 19.1 Å². The van der Waals surface area contributed by atoms with Crippen molar-refractivity contribution in [3.63, 3.8) is 0 Å². The van der Waals surface area contributed by atoms with Gasteiger partial charge in [0.15, 0.2) is 5.82 Å². The van der Waals surface area contributed by atoms with E-state index in [4.69, 9.17) is 14.4 Å². The molecular formula is C56H34N4O. The Morgan fingerprint density at radius 2 is 0.951 bits per heavy atom. The minimum absolute atomic E-state index is 0.681. The van der Waals surface area contributed by atoms with E-state index in [-0.39, 0.29) is 0 Å². The summed E-state index contributed by atoms with van der Waals surface area (Å²) in [5.41, 5.74) is 14.4. The van der Waals surface area contributed by atoms with Gasteiger partial charge in [0, 0.05) is 49.3 Å². The second-order valence-electron chi connectivity index (χ2n) is 15.7. The maximum absolute atomic E-state index is 7.05. The molecule has 13 rings (SSSR count). The molecule has 61 heavy (non-hydrogen) atoms. The topological polar surface area (TPSA) is 48.8 Å². The first-order valence-corrected chi connectivity index (χ1v) is 20.7. The van der Waals surface area contributed by atoms with Crippen LogP contribution >= 0.6 is 0 Å². The van der Waals surface area contributed by atoms with Gasteiger partial charge in [-0.2, -0.15) is 0 Å². The number of para-hydroxylation sites is 5. The van der Waals surface area contributed by atoms with Crippen molar-refractivity contribution < 1.29 is 4.42 Å². The lowest BCUT2D eigenvalue weighted by molar-refractivity contribution is 0.673. The van der Waals surface area contributed by atoms with E-state index in [0.29, 0.717) is 5.82 Å². The van der Waals surface area contributed by atoms with E-state index >= 15 is 0 Å². The summed E-state index contributed by atoms with van der Waals surface area (Å²) < 4.78 is 12.0. The van der Waals surface area contributed by atoms with Crippen molar-refractivity contribution in [3.05, 3.63) is 206 Å². The van der Waals surface area contributed by atoms with Crippen LogP contribution in [0.1, 0.15) is 0 Å². The van der Waals surface area contributed by atoms with Gasteiger partial charge in [0.2, 0.25) is 0 Å². The Morgan fingerprint density at radius 3 is 1.70 bits per heavy atom. The van der Waals surface area contributed by atoms with E-state index in [0.717, 1.165) is 105 Å². The highest BCUT2D eigenvalue weighted by molar-refractivity contribution is 6.39. The predicted molar refractivity (Wildman–Crippen MR) is 252 cm³/mol. The Kier molecular flexibility index (Phi) is 7.24. The van der Waals surface area contributed by atoms with Crippen LogP contribution in [0.2, 0.25) is 0 Å². The third kappa shape index (κ3) is 4.95. The lowest BCUT2D eigenvalue weighted by atomic mass is 9.99. The smallest absolute Gasteiger partial charge is 0.160 e. The molecule has 4 heterocycles. The number of furan rings is 1. The summed E-state index contributed by atoms with van der Waals surface area (Å²) in [5.74, 6) is 0.681. The Morgan fingerprint density at radius 1 is 0.393 bits per heavy atom. The van der Waals surface area contributed by atoms with E-state index in [1.54, 1.807) is 0 Å². The molecule has 5 nitrogen and oxygen atoms in total. The van der Waals surface area contributed by atoms with Gasteiger partial charge in [-0.15, -0.1) is 0 Å². The maximum atomic E-state index is 7.05. The molecule has 284 valence electrons. The van der Waals surface area contributed by atoms with Crippen LogP contribution in [0, 0.1) is 0 Å². The molecule has 5 heteroatoms. The first-order valence-electron chi connectivity index (χ1n) is 20.7. The zero-order valence-corrected chi connectivity index (χ0v) is 32.8. The van der Waals surface area contributed by atoms with Gasteiger partial charge < -0.3 is 13.6 Å². The Labute approximate surface area is 350 Å². The molecule has 0 saturated heterocycles. The molecule has 13 aromatic rings. The first-order chi connectivity index (χ1) is 30.3. The second kappa shape index (κ2) is 13.1. The number of fused-ring (bicyclic) bond motifs is 13. The monoisotopic (exact) mass is 778 g/mol. The van der Waals surface area contributed by atoms with Crippen molar-refractivity contribution in [1.82, 2.24) is 19.1 Å². The standard InChI is InChI=1S/C56H34N4O/c1-4-18-35(19-5-1)43-34-37(56-57-44-28-14-10-24-39(44)52(58-56)36-20-6-2-7-21-36)32-33-47(43)60-46-30-16-12-26-41(46)50-54(60)49-40-25-11-15-29-45(40)59(38-22-8-3-9-23-38)53(49)51-42-27-13-17-31-48(42)61-55(50)51/h1-34H. The second-order valence-corrected chi connectivity index (χ2v) is 15.7. The molecule has 0 aliphatic carbocycles. The van der Waals surface area contributed by atoms with E-state index in [2.05, 4.69) is 203 Å². The van der Waals surface area contributed by atoms with Gasteiger partial charge >= 0.3 is 0 Å². The minimum Gasteiger partial charge on any atom is -0.455 e. The lowest BCUT2D eigenvalue weighted by Gasteiger charge is -2.17. The van der Waals surface area contributed by atoms with Gasteiger partial charge in [-0.3, -0.25) is 0 Å². The van der Waals surface area contributed by atoms with Gasteiger partial charge in [0.1, 0.15) is 11.2 Å². The van der Waals surface area contributed by atoms with Crippen LogP contribution in [0.5, 0.6) is 0 Å². The number of rotatable bonds is 5. The summed E-state index contributed by atoms with van der Waals surface area (Å²) in [6.45, 7) is 0. The zero-order chi connectivity index (χ0) is 40.0. The third-order valence-electron chi connectivity index (χ3n) is 12.3. The summed E-state index contributed by atoms with van der Waals surface area (Å²) in [7, 11) is 0. The largest absolute Gasteiger partial charge is 0.455 e. The van der Waals surface area contributed by atoms with Crippen LogP contribution < -0.4 is 0 Å². The van der Waals surface area contributed by atoms with Crippen molar-refractivity contribution in [2.24, 2.45) is 0 Å². The molecule has 0 aliphatic rings. The molecule has 0 radical (unpaired) electrons. The van der Waals surface area contributed by atoms with Crippen LogP contribution in [-0.2, 0) is 0 Å². The summed E-state index contributed by atoms with van der Waals surface area (Å²) in [4.78, 5) is 10.5. The van der Waals surface area contributed by atoms with Crippen molar-refractivity contribution >= 4 is 76.5 Å². The summed E-state index contributed by atoms with van der Waals surface area (Å²) in [6, 6.07) is 72.9. The molecule has 0 fully saturated rings. The fourth-order valence-electron chi connectivity index (χ4n) is 9.72. The number of hydrogen-bond acceptors (Lipinski definition) is 3. The molecule has 4 aromatic heterocycles. The summed E-state index contributed by atoms with van der Waals surface area (Å²) in [5, 5.41) is 7.82. The van der Waals surface area contributed by atoms with Crippen LogP contribution in [0.25, 0.3) is 122 Å². The zero-order valence-electron chi connectivity index (χ0n) is 32.8. The fourth-order valence-corrected chi connectivity index (χ4v) is 9.72. The van der Waals surface area contributed by atoms with Crippen LogP contribution in [0.3, 0.4) is 0 Å². The molecule has 0 unspecified atom stereocenters. The minimum atomic E-state index is 0.681. The molecule has 0 amide bonds. The highest BCUT2D eigenvalue weighted by Crippen LogP contribution is 2.50. The number of hydrogen-bond donors (Lipinski definition) is 0. The Hall–Kier alpha value is -8.28. The van der Waals surface area contributed by atoms with E-state index in [1.807, 2.05) is 12.1 Å². The Balaban J connectivity index is 1.19. The number of aromatic nitrogens is 4. The average molecular weight is 779 g/mol. The van der Waals surface area contributed by atoms with E-state index < -0.39 is 0 Å². The van der Waals surface area contributed by atoms with Gasteiger partial charge in [0.25, 0.3) is 0 Å². The van der Waals surface area contributed by atoms with Crippen molar-refractivity contribution in [1.29, 1.82) is 0 Å². The molecule has 0 N–H and O–H groups in total. The predicted octanol–water partition coefficient (Wildman–Crippen LogP) is 14.7. The molecule has 0 atom stereocenters. The number of nitrogens with zero attached hydrogens (tertiary/aromatic N) is 4. The van der Waals surface area contributed by atoms with E-state index in [1.165, 1.54) is 10.8 Å². The van der Waals surface area contributed by atoms with Gasteiger partial charge in [-0.05, 0) is 60.2 Å². The average Bonchev–Trinajstić information content (AvgIpc) is 4.00. The lowest BCUT2D eigenvalue weighted by Crippen LogP contribution is -2.00. The van der Waals surface area contributed by atoms with Gasteiger partial charge in [-0.25, -0.2) is 9.97 Å². The van der Waals surface area contributed by atoms with Crippen molar-refractivity contribution in [2.45, 2.75) is 0 Å². The normalized spacial score (nSPS) is 11.9. The maximum Gasteiger partial charge on any atom is 0.160 e. The molecule has 0 saturated carbocycles.